The fourth-order valence-electron chi connectivity index (χ4n) is 3.19. The molecule has 1 saturated heterocycles. The minimum absolute atomic E-state index is 0.142. The van der Waals surface area contributed by atoms with Crippen LogP contribution in [0, 0.1) is 0 Å². The van der Waals surface area contributed by atoms with Crippen molar-refractivity contribution in [2.75, 3.05) is 26.9 Å². The van der Waals surface area contributed by atoms with Crippen LogP contribution in [0.4, 0.5) is 9.59 Å². The molecule has 9 nitrogen and oxygen atoms in total. The Morgan fingerprint density at radius 2 is 1.90 bits per heavy atom. The smallest absolute Gasteiger partial charge is 0.454 e. The summed E-state index contributed by atoms with van der Waals surface area (Å²) in [6, 6.07) is 5.55. The summed E-state index contributed by atoms with van der Waals surface area (Å²) in [5, 5.41) is 3.19. The average molecular weight is 408 g/mol. The zero-order chi connectivity index (χ0) is 20.8. The van der Waals surface area contributed by atoms with E-state index in [2.05, 4.69) is 5.32 Å². The van der Waals surface area contributed by atoms with Gasteiger partial charge in [0.05, 0.1) is 0 Å². The molecule has 9 heteroatoms. The van der Waals surface area contributed by atoms with E-state index in [0.717, 1.165) is 37.2 Å². The van der Waals surface area contributed by atoms with Gasteiger partial charge in [0.2, 0.25) is 13.1 Å². The number of carbonyl (C=O) groups excluding carboxylic acids is 2. The first kappa shape index (κ1) is 21.0. The highest BCUT2D eigenvalue weighted by Gasteiger charge is 2.24. The molecule has 1 N–H and O–H groups in total. The van der Waals surface area contributed by atoms with Crippen molar-refractivity contribution in [3.63, 3.8) is 0 Å². The van der Waals surface area contributed by atoms with Crippen LogP contribution in [0.25, 0.3) is 0 Å². The number of likely N-dealkylation sites (N-methyl/N-ethyl adjacent to an activating group) is 1. The van der Waals surface area contributed by atoms with Gasteiger partial charge in [-0.1, -0.05) is 6.07 Å². The Hall–Kier alpha value is -2.68. The van der Waals surface area contributed by atoms with E-state index in [1.165, 1.54) is 11.8 Å². The number of ether oxygens (including phenoxy) is 5. The molecule has 0 radical (unpaired) electrons. The Balaban J connectivity index is 1.43. The van der Waals surface area contributed by atoms with E-state index in [1.54, 1.807) is 7.05 Å². The Morgan fingerprint density at radius 3 is 2.66 bits per heavy atom. The molecule has 0 spiro atoms. The lowest BCUT2D eigenvalue weighted by Gasteiger charge is -2.26. The van der Waals surface area contributed by atoms with E-state index in [-0.39, 0.29) is 18.9 Å². The fraction of sp³-hybridized carbons (Fsp3) is 0.600. The van der Waals surface area contributed by atoms with Crippen LogP contribution in [0.1, 0.15) is 32.3 Å². The van der Waals surface area contributed by atoms with Gasteiger partial charge in [0.15, 0.2) is 11.5 Å². The molecule has 3 rings (SSSR count). The van der Waals surface area contributed by atoms with Crippen molar-refractivity contribution in [2.45, 2.75) is 51.5 Å². The van der Waals surface area contributed by atoms with E-state index in [4.69, 9.17) is 23.7 Å². The predicted octanol–water partition coefficient (Wildman–Crippen LogP) is 2.67. The number of rotatable bonds is 6. The summed E-state index contributed by atoms with van der Waals surface area (Å²) < 4.78 is 26.2. The molecule has 1 amide bonds. The number of hydrogen-bond donors (Lipinski definition) is 1. The van der Waals surface area contributed by atoms with Crippen LogP contribution in [-0.4, -0.2) is 62.5 Å². The maximum Gasteiger partial charge on any atom is 0.511 e. The van der Waals surface area contributed by atoms with E-state index >= 15 is 0 Å². The molecular formula is C20H28N2O7. The molecule has 2 aliphatic heterocycles. The normalized spacial score (nSPS) is 17.9. The Labute approximate surface area is 170 Å². The van der Waals surface area contributed by atoms with Crippen molar-refractivity contribution in [3.8, 4) is 11.5 Å². The van der Waals surface area contributed by atoms with Gasteiger partial charge in [-0.3, -0.25) is 0 Å². The van der Waals surface area contributed by atoms with Crippen LogP contribution in [0.5, 0.6) is 11.5 Å². The number of piperidine rings is 1. The summed E-state index contributed by atoms with van der Waals surface area (Å²) >= 11 is 0. The fourth-order valence-corrected chi connectivity index (χ4v) is 3.19. The SMILES string of the molecule is CC(OC(=O)OC1CCNCC1)OC(=O)N(C)C(C)Cc1ccc2c(c1)OCO2. The molecule has 29 heavy (non-hydrogen) atoms. The third kappa shape index (κ3) is 5.90. The molecule has 2 aliphatic rings. The lowest BCUT2D eigenvalue weighted by molar-refractivity contribution is -0.0922. The van der Waals surface area contributed by atoms with Gasteiger partial charge in [-0.25, -0.2) is 9.59 Å². The third-order valence-corrected chi connectivity index (χ3v) is 5.00. The van der Waals surface area contributed by atoms with Crippen molar-refractivity contribution in [1.29, 1.82) is 0 Å². The lowest BCUT2D eigenvalue weighted by Crippen LogP contribution is -2.39. The molecule has 0 aromatic heterocycles. The average Bonchev–Trinajstić information content (AvgIpc) is 3.15. The van der Waals surface area contributed by atoms with Gasteiger partial charge in [0.25, 0.3) is 0 Å². The maximum absolute atomic E-state index is 12.4. The van der Waals surface area contributed by atoms with Gasteiger partial charge in [-0.2, -0.15) is 0 Å². The summed E-state index contributed by atoms with van der Waals surface area (Å²) in [7, 11) is 1.64. The second kappa shape index (κ2) is 9.69. The van der Waals surface area contributed by atoms with Gasteiger partial charge >= 0.3 is 12.2 Å². The largest absolute Gasteiger partial charge is 0.511 e. The quantitative estimate of drug-likeness (QED) is 0.567. The van der Waals surface area contributed by atoms with Crippen LogP contribution >= 0.6 is 0 Å². The van der Waals surface area contributed by atoms with Crippen LogP contribution < -0.4 is 14.8 Å². The third-order valence-electron chi connectivity index (χ3n) is 5.00. The highest BCUT2D eigenvalue weighted by atomic mass is 16.8. The van der Waals surface area contributed by atoms with Gasteiger partial charge in [0, 0.05) is 20.0 Å². The highest BCUT2D eigenvalue weighted by Crippen LogP contribution is 2.33. The van der Waals surface area contributed by atoms with Crippen molar-refractivity contribution in [2.24, 2.45) is 0 Å². The summed E-state index contributed by atoms with van der Waals surface area (Å²) in [5.74, 6) is 1.42. The topological polar surface area (TPSA) is 95.6 Å². The summed E-state index contributed by atoms with van der Waals surface area (Å²) in [6.07, 6.45) is -0.538. The summed E-state index contributed by atoms with van der Waals surface area (Å²) in [5.41, 5.74) is 1.01. The lowest BCUT2D eigenvalue weighted by atomic mass is 10.1. The van der Waals surface area contributed by atoms with Crippen molar-refractivity contribution in [3.05, 3.63) is 23.8 Å². The number of fused-ring (bicyclic) bond motifs is 1. The van der Waals surface area contributed by atoms with E-state index in [9.17, 15) is 9.59 Å². The maximum atomic E-state index is 12.4. The molecule has 0 aliphatic carbocycles. The number of amides is 1. The number of benzene rings is 1. The number of nitrogens with zero attached hydrogens (tertiary/aromatic N) is 1. The summed E-state index contributed by atoms with van der Waals surface area (Å²) in [4.78, 5) is 25.7. The Bertz CT molecular complexity index is 721. The zero-order valence-electron chi connectivity index (χ0n) is 17.0. The minimum atomic E-state index is -1.04. The number of hydrogen-bond acceptors (Lipinski definition) is 8. The molecule has 160 valence electrons. The molecule has 1 aromatic carbocycles. The first-order valence-electron chi connectivity index (χ1n) is 9.82. The molecule has 0 saturated carbocycles. The monoisotopic (exact) mass is 408 g/mol. The Kier molecular flexibility index (Phi) is 7.03. The van der Waals surface area contributed by atoms with E-state index in [1.807, 2.05) is 25.1 Å². The van der Waals surface area contributed by atoms with Crippen molar-refractivity contribution in [1.82, 2.24) is 10.2 Å². The van der Waals surface area contributed by atoms with Crippen LogP contribution in [0.2, 0.25) is 0 Å². The summed E-state index contributed by atoms with van der Waals surface area (Å²) in [6.45, 7) is 5.21. The second-order valence-electron chi connectivity index (χ2n) is 7.24. The molecular weight excluding hydrogens is 380 g/mol. The van der Waals surface area contributed by atoms with Crippen LogP contribution in [0.15, 0.2) is 18.2 Å². The molecule has 1 aromatic rings. The standard InChI is InChI=1S/C20H28N2O7/c1-13(10-15-4-5-17-18(11-15)26-12-25-17)22(3)19(23)27-14(2)28-20(24)29-16-6-8-21-9-7-16/h4-5,11,13-14,16,21H,6-10,12H2,1-3H3. The number of carbonyl (C=O) groups is 2. The van der Waals surface area contributed by atoms with E-state index in [0.29, 0.717) is 12.2 Å². The number of nitrogens with one attached hydrogen (secondary N) is 1. The molecule has 2 unspecified atom stereocenters. The molecule has 1 fully saturated rings. The Morgan fingerprint density at radius 1 is 1.17 bits per heavy atom. The van der Waals surface area contributed by atoms with Crippen molar-refractivity contribution >= 4 is 12.2 Å². The van der Waals surface area contributed by atoms with Crippen LogP contribution in [-0.2, 0) is 20.6 Å². The second-order valence-corrected chi connectivity index (χ2v) is 7.24. The highest BCUT2D eigenvalue weighted by molar-refractivity contribution is 5.68. The minimum Gasteiger partial charge on any atom is -0.454 e. The first-order valence-corrected chi connectivity index (χ1v) is 9.82. The first-order chi connectivity index (χ1) is 13.9. The molecule has 0 bridgehead atoms. The van der Waals surface area contributed by atoms with Gasteiger partial charge in [-0.15, -0.1) is 0 Å². The zero-order valence-corrected chi connectivity index (χ0v) is 17.0. The molecule has 2 heterocycles. The predicted molar refractivity (Wildman–Crippen MR) is 103 cm³/mol. The van der Waals surface area contributed by atoms with Crippen LogP contribution in [0.3, 0.4) is 0 Å². The van der Waals surface area contributed by atoms with Crippen molar-refractivity contribution < 1.29 is 33.3 Å². The van der Waals surface area contributed by atoms with Gasteiger partial charge in [0.1, 0.15) is 6.10 Å². The van der Waals surface area contributed by atoms with Gasteiger partial charge in [-0.05, 0) is 57.0 Å². The molecule has 2 atom stereocenters. The van der Waals surface area contributed by atoms with Gasteiger partial charge < -0.3 is 33.9 Å². The van der Waals surface area contributed by atoms with E-state index < -0.39 is 18.5 Å².